The van der Waals surface area contributed by atoms with Crippen LogP contribution in [0.2, 0.25) is 0 Å². The number of carbonyl (C=O) groups is 1. The molecule has 0 aliphatic heterocycles. The third-order valence-electron chi connectivity index (χ3n) is 9.37. The van der Waals surface area contributed by atoms with Crippen LogP contribution >= 0.6 is 0 Å². The minimum atomic E-state index is -0.862. The van der Waals surface area contributed by atoms with E-state index in [0.717, 1.165) is 38.8 Å². The van der Waals surface area contributed by atoms with Gasteiger partial charge in [-0.05, 0) is 32.4 Å². The van der Waals surface area contributed by atoms with E-state index in [1.165, 1.54) is 180 Å². The van der Waals surface area contributed by atoms with Gasteiger partial charge in [-0.25, -0.2) is 0 Å². The van der Waals surface area contributed by atoms with Crippen molar-refractivity contribution in [2.75, 3.05) is 13.1 Å². The van der Waals surface area contributed by atoms with Gasteiger partial charge in [-0.1, -0.05) is 207 Å². The van der Waals surface area contributed by atoms with Crippen LogP contribution in [-0.2, 0) is 4.79 Å². The van der Waals surface area contributed by atoms with Crippen LogP contribution in [0.25, 0.3) is 0 Å². The Labute approximate surface area is 294 Å². The monoisotopic (exact) mass is 616 g/mol. The number of rotatable bonds is 36. The molecule has 0 aromatic rings. The molecule has 43 heavy (non-hydrogen) atoms. The molecule has 0 aliphatic rings. The van der Waals surface area contributed by atoms with Gasteiger partial charge in [-0.3, -0.25) is 4.90 Å². The van der Waals surface area contributed by atoms with E-state index in [2.05, 4.69) is 25.7 Å². The summed E-state index contributed by atoms with van der Waals surface area (Å²) in [5.74, 6) is -0.862. The first-order chi connectivity index (χ1) is 20.7. The molecular formula is C39H78NNaO2. The summed E-state index contributed by atoms with van der Waals surface area (Å²) in [5.41, 5.74) is 0. The molecule has 0 aromatic heterocycles. The Kier molecular flexibility index (Phi) is 40.9. The molecule has 1 atom stereocenters. The van der Waals surface area contributed by atoms with Crippen LogP contribution in [0.15, 0.2) is 0 Å². The third kappa shape index (κ3) is 33.6. The summed E-state index contributed by atoms with van der Waals surface area (Å²) in [6, 6.07) is -0.395. The number of unbranched alkanes of at least 4 members (excludes halogenated alkanes) is 28. The molecule has 0 aliphatic carbocycles. The number of carbonyl (C=O) groups excluding carboxylic acids is 1. The van der Waals surface area contributed by atoms with Crippen molar-refractivity contribution in [1.82, 2.24) is 4.90 Å². The largest absolute Gasteiger partial charge is 1.00 e. The van der Waals surface area contributed by atoms with E-state index in [9.17, 15) is 9.90 Å². The predicted molar refractivity (Wildman–Crippen MR) is 185 cm³/mol. The summed E-state index contributed by atoms with van der Waals surface area (Å²) in [6.45, 7) is 8.52. The minimum Gasteiger partial charge on any atom is -0.548 e. The van der Waals surface area contributed by atoms with Gasteiger partial charge in [-0.2, -0.15) is 0 Å². The van der Waals surface area contributed by atoms with E-state index in [1.54, 1.807) is 0 Å². The van der Waals surface area contributed by atoms with Crippen LogP contribution in [0.4, 0.5) is 0 Å². The van der Waals surface area contributed by atoms with E-state index in [-0.39, 0.29) is 29.6 Å². The Hall–Kier alpha value is 0.430. The Balaban J connectivity index is 0. The number of aliphatic carboxylic acids is 1. The molecule has 252 valence electrons. The fourth-order valence-electron chi connectivity index (χ4n) is 6.52. The number of hydrogen-bond acceptors (Lipinski definition) is 3. The van der Waals surface area contributed by atoms with Crippen molar-refractivity contribution in [3.8, 4) is 0 Å². The Morgan fingerprint density at radius 3 is 0.860 bits per heavy atom. The molecule has 4 heteroatoms. The van der Waals surface area contributed by atoms with Gasteiger partial charge in [0.2, 0.25) is 0 Å². The molecule has 0 fully saturated rings. The van der Waals surface area contributed by atoms with Crippen LogP contribution in [0.3, 0.4) is 0 Å². The Bertz CT molecular complexity index is 495. The van der Waals surface area contributed by atoms with E-state index >= 15 is 0 Å². The zero-order chi connectivity index (χ0) is 30.8. The Morgan fingerprint density at radius 1 is 0.419 bits per heavy atom. The normalized spacial score (nSPS) is 12.1. The third-order valence-corrected chi connectivity index (χ3v) is 9.37. The fourth-order valence-corrected chi connectivity index (χ4v) is 6.52. The Morgan fingerprint density at radius 2 is 0.651 bits per heavy atom. The van der Waals surface area contributed by atoms with Gasteiger partial charge < -0.3 is 9.90 Å². The van der Waals surface area contributed by atoms with Gasteiger partial charge in [0.05, 0.1) is 5.97 Å². The summed E-state index contributed by atoms with van der Waals surface area (Å²) in [5, 5.41) is 11.9. The van der Waals surface area contributed by atoms with Gasteiger partial charge in [0, 0.05) is 6.04 Å². The molecule has 0 aromatic carbocycles. The second kappa shape index (κ2) is 38.6. The molecule has 0 saturated heterocycles. The average Bonchev–Trinajstić information content (AvgIpc) is 2.98. The average molecular weight is 616 g/mol. The topological polar surface area (TPSA) is 43.4 Å². The molecular weight excluding hydrogens is 537 g/mol. The van der Waals surface area contributed by atoms with Crippen molar-refractivity contribution in [3.05, 3.63) is 0 Å². The minimum absolute atomic E-state index is 0. The molecule has 0 radical (unpaired) electrons. The SMILES string of the molecule is CCCCCCCCCCCCCCCCCN(CCCCCCCCCCCCCCCCC)C(CCC)C(=O)[O-].[Na+]. The van der Waals surface area contributed by atoms with Crippen molar-refractivity contribution >= 4 is 5.97 Å². The standard InChI is InChI=1S/C39H79NO2.Na/c1-4-7-9-11-13-15-17-19-21-23-25-27-29-31-33-36-40(38(35-6-3)39(41)42)37-34-32-30-28-26-24-22-20-18-16-14-12-10-8-5-2;/h38H,4-37H2,1-3H3,(H,41,42);/q;+1/p-1. The molecule has 1 unspecified atom stereocenters. The number of carboxylic acid groups (broad SMARTS) is 1. The second-order valence-corrected chi connectivity index (χ2v) is 13.6. The first-order valence-corrected chi connectivity index (χ1v) is 19.6. The maximum absolute atomic E-state index is 11.9. The number of carboxylic acids is 1. The van der Waals surface area contributed by atoms with E-state index in [0.29, 0.717) is 0 Å². The summed E-state index contributed by atoms with van der Waals surface area (Å²) < 4.78 is 0. The van der Waals surface area contributed by atoms with Crippen LogP contribution < -0.4 is 34.7 Å². The maximum Gasteiger partial charge on any atom is 1.00 e. The van der Waals surface area contributed by atoms with Crippen molar-refractivity contribution in [2.45, 2.75) is 232 Å². The van der Waals surface area contributed by atoms with Gasteiger partial charge >= 0.3 is 29.6 Å². The van der Waals surface area contributed by atoms with E-state index in [1.807, 2.05) is 0 Å². The molecule has 0 spiro atoms. The zero-order valence-electron chi connectivity index (χ0n) is 30.4. The zero-order valence-corrected chi connectivity index (χ0v) is 32.4. The first kappa shape index (κ1) is 45.6. The van der Waals surface area contributed by atoms with Crippen LogP contribution in [0, 0.1) is 0 Å². The molecule has 0 bridgehead atoms. The van der Waals surface area contributed by atoms with Crippen LogP contribution in [-0.4, -0.2) is 30.0 Å². The molecule has 0 saturated carbocycles. The predicted octanol–water partition coefficient (Wildman–Crippen LogP) is 8.95. The van der Waals surface area contributed by atoms with Crippen molar-refractivity contribution in [2.24, 2.45) is 0 Å². The second-order valence-electron chi connectivity index (χ2n) is 13.6. The van der Waals surface area contributed by atoms with E-state index in [4.69, 9.17) is 0 Å². The summed E-state index contributed by atoms with van der Waals surface area (Å²) in [7, 11) is 0. The molecule has 0 amide bonds. The first-order valence-electron chi connectivity index (χ1n) is 19.6. The van der Waals surface area contributed by atoms with Gasteiger partial charge in [0.1, 0.15) is 0 Å². The van der Waals surface area contributed by atoms with E-state index < -0.39 is 12.0 Å². The quantitative estimate of drug-likeness (QED) is 0.0522. The molecule has 0 rings (SSSR count). The fraction of sp³-hybridized carbons (Fsp3) is 0.974. The van der Waals surface area contributed by atoms with Gasteiger partial charge in [0.25, 0.3) is 0 Å². The number of nitrogens with zero attached hydrogens (tertiary/aromatic N) is 1. The summed E-state index contributed by atoms with van der Waals surface area (Å²) in [4.78, 5) is 14.2. The van der Waals surface area contributed by atoms with Gasteiger partial charge in [0.15, 0.2) is 0 Å². The van der Waals surface area contributed by atoms with Crippen molar-refractivity contribution in [3.63, 3.8) is 0 Å². The van der Waals surface area contributed by atoms with Crippen LogP contribution in [0.5, 0.6) is 0 Å². The molecule has 3 nitrogen and oxygen atoms in total. The van der Waals surface area contributed by atoms with Crippen LogP contribution in [0.1, 0.15) is 226 Å². The molecule has 0 N–H and O–H groups in total. The molecule has 0 heterocycles. The van der Waals surface area contributed by atoms with Gasteiger partial charge in [-0.15, -0.1) is 0 Å². The maximum atomic E-state index is 11.9. The summed E-state index contributed by atoms with van der Waals surface area (Å²) >= 11 is 0. The van der Waals surface area contributed by atoms with Crippen molar-refractivity contribution in [1.29, 1.82) is 0 Å². The summed E-state index contributed by atoms with van der Waals surface area (Å²) in [6.07, 6.45) is 42.7. The smallest absolute Gasteiger partial charge is 0.548 e. The van der Waals surface area contributed by atoms with Crippen molar-refractivity contribution < 1.29 is 39.5 Å². The number of hydrogen-bond donors (Lipinski definition) is 0.